The SMILES string of the molecule is CC(C)OCCN1CCN(C(=O)[C@@H]2CCC[C@@H]2CN)CC1.Cl.Cl. The maximum Gasteiger partial charge on any atom is 0.226 e. The Morgan fingerprint density at radius 2 is 1.83 bits per heavy atom. The first-order chi connectivity index (χ1) is 10.1. The summed E-state index contributed by atoms with van der Waals surface area (Å²) in [5.41, 5.74) is 5.80. The van der Waals surface area contributed by atoms with Crippen LogP contribution in [0.3, 0.4) is 0 Å². The molecule has 138 valence electrons. The fraction of sp³-hybridized carbons (Fsp3) is 0.938. The van der Waals surface area contributed by atoms with E-state index in [1.54, 1.807) is 0 Å². The van der Waals surface area contributed by atoms with Crippen LogP contribution >= 0.6 is 24.8 Å². The summed E-state index contributed by atoms with van der Waals surface area (Å²) in [7, 11) is 0. The van der Waals surface area contributed by atoms with Crippen molar-refractivity contribution in [3.63, 3.8) is 0 Å². The van der Waals surface area contributed by atoms with Crippen molar-refractivity contribution in [2.75, 3.05) is 45.9 Å². The summed E-state index contributed by atoms with van der Waals surface area (Å²) in [6, 6.07) is 0. The second-order valence-corrected chi connectivity index (χ2v) is 6.62. The van der Waals surface area contributed by atoms with Gasteiger partial charge in [0.25, 0.3) is 0 Å². The number of amides is 1. The molecule has 0 aromatic heterocycles. The van der Waals surface area contributed by atoms with Crippen LogP contribution in [0.2, 0.25) is 0 Å². The van der Waals surface area contributed by atoms with Gasteiger partial charge in [0, 0.05) is 38.6 Å². The molecule has 0 radical (unpaired) electrons. The van der Waals surface area contributed by atoms with E-state index < -0.39 is 0 Å². The van der Waals surface area contributed by atoms with Crippen LogP contribution in [0, 0.1) is 11.8 Å². The van der Waals surface area contributed by atoms with E-state index in [2.05, 4.69) is 23.6 Å². The van der Waals surface area contributed by atoms with E-state index in [1.165, 1.54) is 0 Å². The van der Waals surface area contributed by atoms with Gasteiger partial charge in [-0.2, -0.15) is 0 Å². The van der Waals surface area contributed by atoms with Crippen LogP contribution in [-0.4, -0.2) is 67.7 Å². The zero-order valence-corrected chi connectivity index (χ0v) is 16.0. The average Bonchev–Trinajstić information content (AvgIpc) is 2.95. The number of hydrogen-bond acceptors (Lipinski definition) is 4. The zero-order chi connectivity index (χ0) is 15.2. The maximum absolute atomic E-state index is 12.6. The molecule has 0 bridgehead atoms. The number of carbonyl (C=O) groups excluding carboxylic acids is 1. The second-order valence-electron chi connectivity index (χ2n) is 6.62. The Bertz CT molecular complexity index is 337. The fourth-order valence-electron chi connectivity index (χ4n) is 3.49. The lowest BCUT2D eigenvalue weighted by Crippen LogP contribution is -2.51. The first kappa shape index (κ1) is 22.9. The lowest BCUT2D eigenvalue weighted by molar-refractivity contribution is -0.138. The summed E-state index contributed by atoms with van der Waals surface area (Å²) in [4.78, 5) is 17.1. The van der Waals surface area contributed by atoms with Gasteiger partial charge < -0.3 is 15.4 Å². The third kappa shape index (κ3) is 6.75. The van der Waals surface area contributed by atoms with E-state index in [4.69, 9.17) is 10.5 Å². The number of carbonyl (C=O) groups is 1. The van der Waals surface area contributed by atoms with Crippen LogP contribution in [-0.2, 0) is 9.53 Å². The molecule has 0 unspecified atom stereocenters. The van der Waals surface area contributed by atoms with Crippen LogP contribution in [0.5, 0.6) is 0 Å². The Morgan fingerprint density at radius 1 is 1.17 bits per heavy atom. The highest BCUT2D eigenvalue weighted by Crippen LogP contribution is 2.32. The van der Waals surface area contributed by atoms with Gasteiger partial charge in [0.1, 0.15) is 0 Å². The first-order valence-electron chi connectivity index (χ1n) is 8.44. The summed E-state index contributed by atoms with van der Waals surface area (Å²) in [6.45, 7) is 10.2. The predicted molar refractivity (Wildman–Crippen MR) is 98.5 cm³/mol. The van der Waals surface area contributed by atoms with Crippen molar-refractivity contribution in [1.29, 1.82) is 0 Å². The highest BCUT2D eigenvalue weighted by Gasteiger charge is 2.35. The molecule has 0 aromatic carbocycles. The van der Waals surface area contributed by atoms with Crippen LogP contribution < -0.4 is 5.73 Å². The highest BCUT2D eigenvalue weighted by molar-refractivity contribution is 5.85. The molecule has 2 fully saturated rings. The maximum atomic E-state index is 12.6. The number of halogens is 2. The van der Waals surface area contributed by atoms with Crippen LogP contribution in [0.1, 0.15) is 33.1 Å². The third-order valence-corrected chi connectivity index (χ3v) is 4.82. The molecule has 5 nitrogen and oxygen atoms in total. The highest BCUT2D eigenvalue weighted by atomic mass is 35.5. The average molecular weight is 370 g/mol. The molecular weight excluding hydrogens is 337 g/mol. The van der Waals surface area contributed by atoms with Gasteiger partial charge in [-0.1, -0.05) is 6.42 Å². The molecule has 1 saturated heterocycles. The molecule has 1 aliphatic carbocycles. The van der Waals surface area contributed by atoms with Gasteiger partial charge in [0.05, 0.1) is 12.7 Å². The minimum absolute atomic E-state index is 0. The van der Waals surface area contributed by atoms with Gasteiger partial charge in [-0.05, 0) is 39.2 Å². The molecule has 1 amide bonds. The van der Waals surface area contributed by atoms with Gasteiger partial charge in [-0.15, -0.1) is 24.8 Å². The van der Waals surface area contributed by atoms with E-state index in [1.807, 2.05) is 0 Å². The second kappa shape index (κ2) is 11.5. The van der Waals surface area contributed by atoms with Gasteiger partial charge >= 0.3 is 0 Å². The van der Waals surface area contributed by atoms with Crippen LogP contribution in [0.4, 0.5) is 0 Å². The Hall–Kier alpha value is -0.0700. The summed E-state index contributed by atoms with van der Waals surface area (Å²) < 4.78 is 5.59. The molecule has 7 heteroatoms. The number of hydrogen-bond donors (Lipinski definition) is 1. The Kier molecular flexibility index (Phi) is 11.4. The normalized spacial score (nSPS) is 25.1. The standard InChI is InChI=1S/C16H31N3O2.2ClH/c1-13(2)21-11-10-18-6-8-19(9-7-18)16(20)15-5-3-4-14(15)12-17;;/h13-15H,3-12,17H2,1-2H3;2*1H/t14-,15-;;/m1../s1. The van der Waals surface area contributed by atoms with Crippen LogP contribution in [0.15, 0.2) is 0 Å². The van der Waals surface area contributed by atoms with E-state index in [-0.39, 0.29) is 30.7 Å². The summed E-state index contributed by atoms with van der Waals surface area (Å²) >= 11 is 0. The molecule has 23 heavy (non-hydrogen) atoms. The lowest BCUT2D eigenvalue weighted by Gasteiger charge is -2.36. The smallest absolute Gasteiger partial charge is 0.226 e. The number of ether oxygens (including phenoxy) is 1. The Morgan fingerprint density at radius 3 is 2.39 bits per heavy atom. The molecule has 2 N–H and O–H groups in total. The van der Waals surface area contributed by atoms with Crippen molar-refractivity contribution in [3.05, 3.63) is 0 Å². The topological polar surface area (TPSA) is 58.8 Å². The quantitative estimate of drug-likeness (QED) is 0.774. The number of piperazine rings is 1. The molecule has 1 saturated carbocycles. The van der Waals surface area contributed by atoms with E-state index in [0.717, 1.165) is 58.6 Å². The van der Waals surface area contributed by atoms with Crippen molar-refractivity contribution in [2.24, 2.45) is 17.6 Å². The van der Waals surface area contributed by atoms with E-state index >= 15 is 0 Å². The van der Waals surface area contributed by atoms with Crippen molar-refractivity contribution in [2.45, 2.75) is 39.2 Å². The molecule has 1 heterocycles. The van der Waals surface area contributed by atoms with E-state index in [9.17, 15) is 4.79 Å². The molecule has 0 aromatic rings. The van der Waals surface area contributed by atoms with Crippen molar-refractivity contribution in [1.82, 2.24) is 9.80 Å². The van der Waals surface area contributed by atoms with Crippen LogP contribution in [0.25, 0.3) is 0 Å². The monoisotopic (exact) mass is 369 g/mol. The molecule has 1 aliphatic heterocycles. The Balaban J connectivity index is 0.00000242. The zero-order valence-electron chi connectivity index (χ0n) is 14.4. The van der Waals surface area contributed by atoms with Gasteiger partial charge in [-0.25, -0.2) is 0 Å². The first-order valence-corrected chi connectivity index (χ1v) is 8.44. The largest absolute Gasteiger partial charge is 0.377 e. The minimum atomic E-state index is 0. The van der Waals surface area contributed by atoms with Gasteiger partial charge in [-0.3, -0.25) is 9.69 Å². The fourth-order valence-corrected chi connectivity index (χ4v) is 3.49. The van der Waals surface area contributed by atoms with Gasteiger partial charge in [0.2, 0.25) is 5.91 Å². The molecule has 2 aliphatic rings. The molecule has 0 spiro atoms. The number of rotatable bonds is 6. The molecule has 2 atom stereocenters. The summed E-state index contributed by atoms with van der Waals surface area (Å²) in [6.07, 6.45) is 3.61. The Labute approximate surface area is 153 Å². The molecular formula is C16H33Cl2N3O2. The number of nitrogens with two attached hydrogens (primary N) is 1. The van der Waals surface area contributed by atoms with Crippen molar-refractivity contribution >= 4 is 30.7 Å². The van der Waals surface area contributed by atoms with Gasteiger partial charge in [0.15, 0.2) is 0 Å². The minimum Gasteiger partial charge on any atom is -0.377 e. The molecule has 2 rings (SSSR count). The summed E-state index contributed by atoms with van der Waals surface area (Å²) in [5, 5.41) is 0. The lowest BCUT2D eigenvalue weighted by atomic mass is 9.94. The van der Waals surface area contributed by atoms with E-state index in [0.29, 0.717) is 24.5 Å². The summed E-state index contributed by atoms with van der Waals surface area (Å²) in [5.74, 6) is 0.946. The number of nitrogens with zero attached hydrogens (tertiary/aromatic N) is 2. The third-order valence-electron chi connectivity index (χ3n) is 4.82. The predicted octanol–water partition coefficient (Wildman–Crippen LogP) is 1.77. The van der Waals surface area contributed by atoms with Crippen molar-refractivity contribution in [3.8, 4) is 0 Å². The van der Waals surface area contributed by atoms with Crippen molar-refractivity contribution < 1.29 is 9.53 Å².